The molecule has 3 atom stereocenters. The number of halogens is 1. The van der Waals surface area contributed by atoms with Crippen molar-refractivity contribution < 1.29 is 14.3 Å². The van der Waals surface area contributed by atoms with Crippen LogP contribution in [0.2, 0.25) is 5.02 Å². The third-order valence-corrected chi connectivity index (χ3v) is 5.01. The van der Waals surface area contributed by atoms with E-state index in [-0.39, 0.29) is 24.0 Å². The molecule has 1 fully saturated rings. The van der Waals surface area contributed by atoms with Crippen molar-refractivity contribution in [3.05, 3.63) is 58.6 Å². The first-order valence-corrected chi connectivity index (χ1v) is 9.18. The number of ether oxygens (including phenoxy) is 2. The van der Waals surface area contributed by atoms with E-state index in [0.29, 0.717) is 22.9 Å². The third kappa shape index (κ3) is 4.53. The number of methoxy groups -OCH3 is 2. The van der Waals surface area contributed by atoms with E-state index < -0.39 is 0 Å². The first kappa shape index (κ1) is 19.5. The number of hydrogen-bond donors (Lipinski definition) is 3. The summed E-state index contributed by atoms with van der Waals surface area (Å²) in [5, 5.41) is 3.75. The highest BCUT2D eigenvalue weighted by Gasteiger charge is 2.30. The molecule has 3 unspecified atom stereocenters. The first-order chi connectivity index (χ1) is 13.0. The number of hydrazine groups is 1. The molecule has 1 saturated heterocycles. The molecular formula is C20H24ClN3O3. The van der Waals surface area contributed by atoms with Gasteiger partial charge in [0, 0.05) is 11.1 Å². The van der Waals surface area contributed by atoms with Crippen molar-refractivity contribution in [1.82, 2.24) is 16.2 Å². The van der Waals surface area contributed by atoms with Crippen molar-refractivity contribution >= 4 is 17.5 Å². The Morgan fingerprint density at radius 2 is 1.81 bits per heavy atom. The van der Waals surface area contributed by atoms with E-state index in [9.17, 15) is 4.79 Å². The molecule has 1 aliphatic heterocycles. The van der Waals surface area contributed by atoms with E-state index >= 15 is 0 Å². The van der Waals surface area contributed by atoms with Crippen LogP contribution < -0.4 is 25.6 Å². The van der Waals surface area contributed by atoms with Gasteiger partial charge in [-0.15, -0.1) is 0 Å². The fourth-order valence-electron chi connectivity index (χ4n) is 3.16. The van der Waals surface area contributed by atoms with Gasteiger partial charge < -0.3 is 14.8 Å². The summed E-state index contributed by atoms with van der Waals surface area (Å²) in [7, 11) is 3.19. The number of rotatable bonds is 6. The Hall–Kier alpha value is -2.28. The van der Waals surface area contributed by atoms with Crippen LogP contribution in [-0.2, 0) is 4.79 Å². The number of carbonyl (C=O) groups excluding carboxylic acids is 1. The average Bonchev–Trinajstić information content (AvgIpc) is 3.18. The fourth-order valence-corrected chi connectivity index (χ4v) is 3.29. The lowest BCUT2D eigenvalue weighted by atomic mass is 10.0. The fraction of sp³-hybridized carbons (Fsp3) is 0.350. The number of hydrogen-bond acceptors (Lipinski definition) is 5. The van der Waals surface area contributed by atoms with Gasteiger partial charge in [-0.3, -0.25) is 4.79 Å². The highest BCUT2D eigenvalue weighted by Crippen LogP contribution is 2.30. The van der Waals surface area contributed by atoms with Crippen molar-refractivity contribution in [3.63, 3.8) is 0 Å². The summed E-state index contributed by atoms with van der Waals surface area (Å²) in [5.74, 6) is 1.24. The van der Waals surface area contributed by atoms with Crippen LogP contribution in [0.4, 0.5) is 0 Å². The van der Waals surface area contributed by atoms with E-state index in [1.165, 1.54) is 0 Å². The van der Waals surface area contributed by atoms with Gasteiger partial charge in [0.25, 0.3) is 0 Å². The van der Waals surface area contributed by atoms with Gasteiger partial charge in [0.2, 0.25) is 5.91 Å². The number of carbonyl (C=O) groups is 1. The zero-order valence-corrected chi connectivity index (χ0v) is 16.3. The Bertz CT molecular complexity index is 798. The Balaban J connectivity index is 1.61. The smallest absolute Gasteiger partial charge is 0.239 e. The molecular weight excluding hydrogens is 366 g/mol. The summed E-state index contributed by atoms with van der Waals surface area (Å²) in [5.41, 5.74) is 8.29. The molecule has 0 bridgehead atoms. The maximum Gasteiger partial charge on any atom is 0.239 e. The zero-order chi connectivity index (χ0) is 19.4. The van der Waals surface area contributed by atoms with Gasteiger partial charge in [0.15, 0.2) is 11.5 Å². The van der Waals surface area contributed by atoms with Gasteiger partial charge in [-0.25, -0.2) is 10.9 Å². The molecule has 1 aliphatic rings. The summed E-state index contributed by atoms with van der Waals surface area (Å²) in [4.78, 5) is 12.6. The second-order valence-electron chi connectivity index (χ2n) is 6.53. The van der Waals surface area contributed by atoms with Crippen molar-refractivity contribution in [1.29, 1.82) is 0 Å². The van der Waals surface area contributed by atoms with E-state index in [0.717, 1.165) is 11.1 Å². The van der Waals surface area contributed by atoms with Crippen LogP contribution in [0.5, 0.6) is 11.5 Å². The van der Waals surface area contributed by atoms with Crippen LogP contribution in [0.15, 0.2) is 42.5 Å². The maximum absolute atomic E-state index is 12.6. The normalized spacial score (nSPS) is 20.1. The summed E-state index contributed by atoms with van der Waals surface area (Å²) in [6.45, 7) is 1.94. The topological polar surface area (TPSA) is 71.6 Å². The van der Waals surface area contributed by atoms with Crippen LogP contribution >= 0.6 is 11.6 Å². The lowest BCUT2D eigenvalue weighted by molar-refractivity contribution is -0.123. The van der Waals surface area contributed by atoms with Crippen molar-refractivity contribution in [2.24, 2.45) is 0 Å². The maximum atomic E-state index is 12.6. The van der Waals surface area contributed by atoms with Crippen LogP contribution in [0.3, 0.4) is 0 Å². The lowest BCUT2D eigenvalue weighted by Crippen LogP contribution is -2.43. The highest BCUT2D eigenvalue weighted by molar-refractivity contribution is 6.30. The van der Waals surface area contributed by atoms with E-state index in [2.05, 4.69) is 16.2 Å². The number of amides is 1. The highest BCUT2D eigenvalue weighted by atomic mass is 35.5. The average molecular weight is 390 g/mol. The molecule has 3 rings (SSSR count). The number of nitrogens with one attached hydrogen (secondary N) is 3. The zero-order valence-electron chi connectivity index (χ0n) is 15.6. The molecule has 6 nitrogen and oxygen atoms in total. The van der Waals surface area contributed by atoms with Crippen molar-refractivity contribution in [3.8, 4) is 11.5 Å². The summed E-state index contributed by atoms with van der Waals surface area (Å²) >= 11 is 5.94. The monoisotopic (exact) mass is 389 g/mol. The van der Waals surface area contributed by atoms with Gasteiger partial charge in [-0.1, -0.05) is 29.8 Å². The van der Waals surface area contributed by atoms with E-state index in [1.807, 2.05) is 49.4 Å². The molecule has 3 N–H and O–H groups in total. The third-order valence-electron chi connectivity index (χ3n) is 4.76. The van der Waals surface area contributed by atoms with Gasteiger partial charge in [-0.05, 0) is 48.7 Å². The van der Waals surface area contributed by atoms with Gasteiger partial charge in [0.1, 0.15) is 6.04 Å². The standard InChI is InChI=1S/C20H24ClN3O3/c1-12(14-6-9-18(26-2)19(10-14)27-3)22-20(25)17-11-16(23-24-17)13-4-7-15(21)8-5-13/h4-10,12,16-17,23-24H,11H2,1-3H3,(H,22,25). The first-order valence-electron chi connectivity index (χ1n) is 8.80. The van der Waals surface area contributed by atoms with Crippen LogP contribution in [0, 0.1) is 0 Å². The summed E-state index contributed by atoms with van der Waals surface area (Å²) in [6.07, 6.45) is 0.659. The largest absolute Gasteiger partial charge is 0.493 e. The minimum Gasteiger partial charge on any atom is -0.493 e. The van der Waals surface area contributed by atoms with Crippen molar-refractivity contribution in [2.45, 2.75) is 31.5 Å². The Labute approximate surface area is 164 Å². The molecule has 0 aromatic heterocycles. The molecule has 0 saturated carbocycles. The van der Waals surface area contributed by atoms with E-state index in [1.54, 1.807) is 14.2 Å². The quantitative estimate of drug-likeness (QED) is 0.708. The summed E-state index contributed by atoms with van der Waals surface area (Å²) < 4.78 is 10.6. The molecule has 1 heterocycles. The molecule has 0 radical (unpaired) electrons. The molecule has 7 heteroatoms. The van der Waals surface area contributed by atoms with Gasteiger partial charge in [-0.2, -0.15) is 0 Å². The molecule has 1 amide bonds. The SMILES string of the molecule is COc1ccc(C(C)NC(=O)C2CC(c3ccc(Cl)cc3)NN2)cc1OC. The molecule has 0 spiro atoms. The Kier molecular flexibility index (Phi) is 6.21. The van der Waals surface area contributed by atoms with E-state index in [4.69, 9.17) is 21.1 Å². The molecule has 0 aliphatic carbocycles. The van der Waals surface area contributed by atoms with Crippen LogP contribution in [0.1, 0.15) is 36.6 Å². The van der Waals surface area contributed by atoms with Crippen molar-refractivity contribution in [2.75, 3.05) is 14.2 Å². The van der Waals surface area contributed by atoms with Gasteiger partial charge in [0.05, 0.1) is 20.3 Å². The van der Waals surface area contributed by atoms with Crippen LogP contribution in [-0.4, -0.2) is 26.2 Å². The molecule has 27 heavy (non-hydrogen) atoms. The Morgan fingerprint density at radius 1 is 1.11 bits per heavy atom. The predicted molar refractivity (Wildman–Crippen MR) is 105 cm³/mol. The second-order valence-corrected chi connectivity index (χ2v) is 6.96. The Morgan fingerprint density at radius 3 is 2.48 bits per heavy atom. The minimum atomic E-state index is -0.312. The minimum absolute atomic E-state index is 0.0544. The molecule has 2 aromatic rings. The van der Waals surface area contributed by atoms with Crippen LogP contribution in [0.25, 0.3) is 0 Å². The number of benzene rings is 2. The molecule has 144 valence electrons. The van der Waals surface area contributed by atoms with Gasteiger partial charge >= 0.3 is 0 Å². The lowest BCUT2D eigenvalue weighted by Gasteiger charge is -2.18. The molecule has 2 aromatic carbocycles. The summed E-state index contributed by atoms with van der Waals surface area (Å²) in [6, 6.07) is 12.9. The second kappa shape index (κ2) is 8.61. The predicted octanol–water partition coefficient (Wildman–Crippen LogP) is 3.14.